The van der Waals surface area contributed by atoms with E-state index in [2.05, 4.69) is 34.3 Å². The number of nitrogens with zero attached hydrogens (tertiary/aromatic N) is 2. The molecule has 1 saturated heterocycles. The van der Waals surface area contributed by atoms with Crippen LogP contribution in [0, 0.1) is 6.92 Å². The SMILES string of the molecule is CCNCC1COCCN1Cc1cccc(C)n1. The lowest BCUT2D eigenvalue weighted by molar-refractivity contribution is -0.0113. The third-order valence-corrected chi connectivity index (χ3v) is 3.29. The van der Waals surface area contributed by atoms with Crippen molar-refractivity contribution >= 4 is 0 Å². The van der Waals surface area contributed by atoms with Crippen molar-refractivity contribution in [1.29, 1.82) is 0 Å². The molecule has 2 heterocycles. The Kier molecular flexibility index (Phi) is 5.11. The summed E-state index contributed by atoms with van der Waals surface area (Å²) in [6.45, 7) is 9.73. The van der Waals surface area contributed by atoms with E-state index in [1.165, 1.54) is 0 Å². The molecule has 2 rings (SSSR count). The quantitative estimate of drug-likeness (QED) is 0.851. The maximum Gasteiger partial charge on any atom is 0.0635 e. The molecule has 0 spiro atoms. The third kappa shape index (κ3) is 3.77. The first-order valence-corrected chi connectivity index (χ1v) is 6.74. The lowest BCUT2D eigenvalue weighted by Crippen LogP contribution is -2.49. The molecule has 1 atom stereocenters. The van der Waals surface area contributed by atoms with E-state index >= 15 is 0 Å². The second-order valence-electron chi connectivity index (χ2n) is 4.78. The number of morpholine rings is 1. The van der Waals surface area contributed by atoms with Crippen LogP contribution in [-0.4, -0.2) is 48.8 Å². The number of hydrogen-bond donors (Lipinski definition) is 1. The molecule has 0 bridgehead atoms. The molecule has 1 fully saturated rings. The number of nitrogens with one attached hydrogen (secondary N) is 1. The van der Waals surface area contributed by atoms with E-state index in [0.717, 1.165) is 50.8 Å². The first-order chi connectivity index (χ1) is 8.79. The minimum absolute atomic E-state index is 0.459. The van der Waals surface area contributed by atoms with Crippen LogP contribution in [0.5, 0.6) is 0 Å². The minimum Gasteiger partial charge on any atom is -0.378 e. The van der Waals surface area contributed by atoms with Gasteiger partial charge in [0.25, 0.3) is 0 Å². The third-order valence-electron chi connectivity index (χ3n) is 3.29. The Bertz CT molecular complexity index is 370. The highest BCUT2D eigenvalue weighted by Crippen LogP contribution is 2.11. The van der Waals surface area contributed by atoms with E-state index in [-0.39, 0.29) is 0 Å². The summed E-state index contributed by atoms with van der Waals surface area (Å²) in [5.41, 5.74) is 2.24. The molecular weight excluding hydrogens is 226 g/mol. The van der Waals surface area contributed by atoms with Gasteiger partial charge < -0.3 is 10.1 Å². The second kappa shape index (κ2) is 6.83. The maximum absolute atomic E-state index is 5.57. The lowest BCUT2D eigenvalue weighted by Gasteiger charge is -2.35. The van der Waals surface area contributed by atoms with E-state index in [9.17, 15) is 0 Å². The predicted molar refractivity (Wildman–Crippen MR) is 72.5 cm³/mol. The molecule has 100 valence electrons. The second-order valence-corrected chi connectivity index (χ2v) is 4.78. The number of likely N-dealkylation sites (N-methyl/N-ethyl adjacent to an activating group) is 1. The van der Waals surface area contributed by atoms with Gasteiger partial charge in [-0.2, -0.15) is 0 Å². The van der Waals surface area contributed by atoms with Crippen molar-refractivity contribution in [1.82, 2.24) is 15.2 Å². The summed E-state index contributed by atoms with van der Waals surface area (Å²) in [6, 6.07) is 6.68. The Balaban J connectivity index is 1.96. The fourth-order valence-electron chi connectivity index (χ4n) is 2.29. The highest BCUT2D eigenvalue weighted by molar-refractivity contribution is 5.10. The van der Waals surface area contributed by atoms with Crippen molar-refractivity contribution in [2.75, 3.05) is 32.8 Å². The van der Waals surface area contributed by atoms with Crippen LogP contribution >= 0.6 is 0 Å². The van der Waals surface area contributed by atoms with E-state index < -0.39 is 0 Å². The highest BCUT2D eigenvalue weighted by atomic mass is 16.5. The molecule has 0 aliphatic carbocycles. The van der Waals surface area contributed by atoms with Gasteiger partial charge in [-0.1, -0.05) is 13.0 Å². The van der Waals surface area contributed by atoms with Gasteiger partial charge in [0.05, 0.1) is 18.9 Å². The molecule has 1 N–H and O–H groups in total. The van der Waals surface area contributed by atoms with Gasteiger partial charge in [0.15, 0.2) is 0 Å². The van der Waals surface area contributed by atoms with Crippen molar-refractivity contribution in [2.24, 2.45) is 0 Å². The van der Waals surface area contributed by atoms with Crippen molar-refractivity contribution in [3.63, 3.8) is 0 Å². The molecule has 1 aliphatic heterocycles. The van der Waals surface area contributed by atoms with Crippen molar-refractivity contribution in [2.45, 2.75) is 26.4 Å². The van der Waals surface area contributed by atoms with Crippen LogP contribution in [-0.2, 0) is 11.3 Å². The highest BCUT2D eigenvalue weighted by Gasteiger charge is 2.22. The van der Waals surface area contributed by atoms with E-state index in [4.69, 9.17) is 4.74 Å². The van der Waals surface area contributed by atoms with Gasteiger partial charge in [-0.15, -0.1) is 0 Å². The van der Waals surface area contributed by atoms with Crippen LogP contribution in [0.15, 0.2) is 18.2 Å². The number of rotatable bonds is 5. The Morgan fingerprint density at radius 3 is 3.17 bits per heavy atom. The fourth-order valence-corrected chi connectivity index (χ4v) is 2.29. The average Bonchev–Trinajstić information content (AvgIpc) is 2.38. The zero-order valence-electron chi connectivity index (χ0n) is 11.4. The van der Waals surface area contributed by atoms with Gasteiger partial charge in [-0.25, -0.2) is 0 Å². The summed E-state index contributed by atoms with van der Waals surface area (Å²) in [5, 5.41) is 3.40. The lowest BCUT2D eigenvalue weighted by atomic mass is 10.2. The Labute approximate surface area is 109 Å². The number of aryl methyl sites for hydroxylation is 1. The molecule has 1 unspecified atom stereocenters. The molecule has 4 nitrogen and oxygen atoms in total. The Morgan fingerprint density at radius 1 is 1.50 bits per heavy atom. The summed E-state index contributed by atoms with van der Waals surface area (Å²) >= 11 is 0. The molecule has 0 radical (unpaired) electrons. The molecule has 0 saturated carbocycles. The summed E-state index contributed by atoms with van der Waals surface area (Å²) in [4.78, 5) is 7.05. The van der Waals surface area contributed by atoms with Crippen LogP contribution < -0.4 is 5.32 Å². The average molecular weight is 249 g/mol. The van der Waals surface area contributed by atoms with Crippen LogP contribution in [0.3, 0.4) is 0 Å². The van der Waals surface area contributed by atoms with Gasteiger partial charge in [0.2, 0.25) is 0 Å². The molecule has 1 aliphatic rings. The molecular formula is C14H23N3O. The van der Waals surface area contributed by atoms with Crippen molar-refractivity contribution in [3.05, 3.63) is 29.6 Å². The number of pyridine rings is 1. The van der Waals surface area contributed by atoms with Gasteiger partial charge in [0, 0.05) is 31.4 Å². The van der Waals surface area contributed by atoms with Crippen LogP contribution in [0.2, 0.25) is 0 Å². The Morgan fingerprint density at radius 2 is 2.39 bits per heavy atom. The van der Waals surface area contributed by atoms with Crippen LogP contribution in [0.4, 0.5) is 0 Å². The topological polar surface area (TPSA) is 37.4 Å². The van der Waals surface area contributed by atoms with Gasteiger partial charge >= 0.3 is 0 Å². The summed E-state index contributed by atoms with van der Waals surface area (Å²) in [6.07, 6.45) is 0. The zero-order valence-corrected chi connectivity index (χ0v) is 11.4. The summed E-state index contributed by atoms with van der Waals surface area (Å²) in [5.74, 6) is 0. The first kappa shape index (κ1) is 13.5. The Hall–Kier alpha value is -0.970. The smallest absolute Gasteiger partial charge is 0.0635 e. The predicted octanol–water partition coefficient (Wildman–Crippen LogP) is 1.20. The minimum atomic E-state index is 0.459. The van der Waals surface area contributed by atoms with E-state index in [1.807, 2.05) is 13.0 Å². The molecule has 1 aromatic rings. The molecule has 0 amide bonds. The maximum atomic E-state index is 5.57. The summed E-state index contributed by atoms with van der Waals surface area (Å²) in [7, 11) is 0. The number of aromatic nitrogens is 1. The molecule has 1 aromatic heterocycles. The largest absolute Gasteiger partial charge is 0.378 e. The van der Waals surface area contributed by atoms with E-state index in [0.29, 0.717) is 6.04 Å². The van der Waals surface area contributed by atoms with Crippen molar-refractivity contribution < 1.29 is 4.74 Å². The van der Waals surface area contributed by atoms with Gasteiger partial charge in [-0.3, -0.25) is 9.88 Å². The van der Waals surface area contributed by atoms with Crippen LogP contribution in [0.1, 0.15) is 18.3 Å². The molecule has 0 aromatic carbocycles. The summed E-state index contributed by atoms with van der Waals surface area (Å²) < 4.78 is 5.57. The molecule has 4 heteroatoms. The standard InChI is InChI=1S/C14H23N3O/c1-3-15-9-14-11-18-8-7-17(14)10-13-6-4-5-12(2)16-13/h4-6,14-15H,3,7-11H2,1-2H3. The number of hydrogen-bond acceptors (Lipinski definition) is 4. The monoisotopic (exact) mass is 249 g/mol. The molecule has 18 heavy (non-hydrogen) atoms. The van der Waals surface area contributed by atoms with Gasteiger partial charge in [-0.05, 0) is 25.6 Å². The normalized spacial score (nSPS) is 21.1. The zero-order chi connectivity index (χ0) is 12.8. The number of ether oxygens (including phenoxy) is 1. The van der Waals surface area contributed by atoms with Gasteiger partial charge in [0.1, 0.15) is 0 Å². The van der Waals surface area contributed by atoms with E-state index in [1.54, 1.807) is 0 Å². The first-order valence-electron chi connectivity index (χ1n) is 6.74. The van der Waals surface area contributed by atoms with Crippen molar-refractivity contribution in [3.8, 4) is 0 Å². The van der Waals surface area contributed by atoms with Crippen LogP contribution in [0.25, 0.3) is 0 Å². The fraction of sp³-hybridized carbons (Fsp3) is 0.643.